The number of hydrogen-bond donors (Lipinski definition) is 0. The molecule has 1 aromatic carbocycles. The molecule has 4 rings (SSSR count). The van der Waals surface area contributed by atoms with Crippen LogP contribution in [0.5, 0.6) is 0 Å². The summed E-state index contributed by atoms with van der Waals surface area (Å²) in [6.07, 6.45) is 11.4. The Balaban J connectivity index is 1.44. The zero-order valence-electron chi connectivity index (χ0n) is 16.9. The van der Waals surface area contributed by atoms with Gasteiger partial charge in [0.2, 0.25) is 0 Å². The van der Waals surface area contributed by atoms with Crippen LogP contribution in [0.3, 0.4) is 0 Å². The predicted octanol–water partition coefficient (Wildman–Crippen LogP) is 4.96. The van der Waals surface area contributed by atoms with Gasteiger partial charge in [0.05, 0.1) is 31.6 Å². The number of esters is 1. The van der Waals surface area contributed by atoms with Gasteiger partial charge >= 0.3 is 5.97 Å². The SMILES string of the molecule is CCC[N+]1(C)[C@@H]2CC[C@H]1CC(OC(=O)C1CCCC=C1c1ccccc1)C2. The maximum absolute atomic E-state index is 13.1. The van der Waals surface area contributed by atoms with Crippen LogP contribution in [0.25, 0.3) is 5.57 Å². The van der Waals surface area contributed by atoms with E-state index in [1.54, 1.807) is 0 Å². The third kappa shape index (κ3) is 3.59. The Morgan fingerprint density at radius 1 is 1.11 bits per heavy atom. The Bertz CT molecular complexity index is 682. The molecule has 0 radical (unpaired) electrons. The second kappa shape index (κ2) is 7.79. The number of piperidine rings is 1. The van der Waals surface area contributed by atoms with Crippen LogP contribution in [0, 0.1) is 5.92 Å². The van der Waals surface area contributed by atoms with Crippen LogP contribution in [0.4, 0.5) is 0 Å². The van der Waals surface area contributed by atoms with Gasteiger partial charge in [-0.3, -0.25) is 4.79 Å². The van der Waals surface area contributed by atoms with E-state index < -0.39 is 0 Å². The van der Waals surface area contributed by atoms with Crippen molar-refractivity contribution in [2.45, 2.75) is 76.5 Å². The Morgan fingerprint density at radius 3 is 2.48 bits per heavy atom. The van der Waals surface area contributed by atoms with E-state index in [0.29, 0.717) is 12.1 Å². The third-order valence-corrected chi connectivity index (χ3v) is 7.39. The number of fused-ring (bicyclic) bond motifs is 2. The molecule has 0 spiro atoms. The maximum atomic E-state index is 13.1. The van der Waals surface area contributed by atoms with Crippen LogP contribution < -0.4 is 0 Å². The van der Waals surface area contributed by atoms with Crippen molar-refractivity contribution in [3.63, 3.8) is 0 Å². The molecule has 2 saturated heterocycles. The summed E-state index contributed by atoms with van der Waals surface area (Å²) in [5.41, 5.74) is 2.35. The van der Waals surface area contributed by atoms with Gasteiger partial charge in [0, 0.05) is 25.7 Å². The van der Waals surface area contributed by atoms with E-state index >= 15 is 0 Å². The van der Waals surface area contributed by atoms with Gasteiger partial charge in [-0.2, -0.15) is 0 Å². The van der Waals surface area contributed by atoms with E-state index in [-0.39, 0.29) is 18.0 Å². The highest BCUT2D eigenvalue weighted by molar-refractivity contribution is 5.89. The summed E-state index contributed by atoms with van der Waals surface area (Å²) in [6, 6.07) is 11.7. The summed E-state index contributed by atoms with van der Waals surface area (Å²) in [5, 5.41) is 0. The van der Waals surface area contributed by atoms with Gasteiger partial charge in [-0.15, -0.1) is 0 Å². The number of carbonyl (C=O) groups is 1. The molecule has 1 aromatic rings. The highest BCUT2D eigenvalue weighted by Gasteiger charge is 2.52. The number of quaternary nitrogens is 1. The van der Waals surface area contributed by atoms with E-state index in [9.17, 15) is 4.79 Å². The van der Waals surface area contributed by atoms with Crippen molar-refractivity contribution in [2.24, 2.45) is 5.92 Å². The van der Waals surface area contributed by atoms with E-state index in [1.807, 2.05) is 6.07 Å². The summed E-state index contributed by atoms with van der Waals surface area (Å²) in [5.74, 6) is -0.0713. The zero-order chi connectivity index (χ0) is 18.9. The molecule has 2 fully saturated rings. The van der Waals surface area contributed by atoms with Crippen LogP contribution >= 0.6 is 0 Å². The molecule has 0 amide bonds. The zero-order valence-corrected chi connectivity index (χ0v) is 16.9. The van der Waals surface area contributed by atoms with Crippen molar-refractivity contribution in [1.29, 1.82) is 0 Å². The van der Waals surface area contributed by atoms with Crippen molar-refractivity contribution < 1.29 is 14.0 Å². The van der Waals surface area contributed by atoms with Crippen molar-refractivity contribution in [2.75, 3.05) is 13.6 Å². The molecule has 27 heavy (non-hydrogen) atoms. The van der Waals surface area contributed by atoms with Crippen molar-refractivity contribution in [1.82, 2.24) is 0 Å². The highest BCUT2D eigenvalue weighted by atomic mass is 16.5. The van der Waals surface area contributed by atoms with Gasteiger partial charge < -0.3 is 9.22 Å². The molecule has 2 aliphatic heterocycles. The molecule has 3 nitrogen and oxygen atoms in total. The molecule has 3 aliphatic rings. The summed E-state index contributed by atoms with van der Waals surface area (Å²) < 4.78 is 7.36. The lowest BCUT2D eigenvalue weighted by atomic mass is 9.83. The molecule has 1 aliphatic carbocycles. The minimum Gasteiger partial charge on any atom is -0.461 e. The maximum Gasteiger partial charge on any atom is 0.313 e. The average molecular weight is 369 g/mol. The fourth-order valence-corrected chi connectivity index (χ4v) is 5.95. The van der Waals surface area contributed by atoms with Gasteiger partial charge in [-0.05, 0) is 36.8 Å². The first-order valence-electron chi connectivity index (χ1n) is 10.9. The predicted molar refractivity (Wildman–Crippen MR) is 109 cm³/mol. The van der Waals surface area contributed by atoms with Gasteiger partial charge in [0.1, 0.15) is 6.10 Å². The minimum atomic E-state index is -0.0859. The first kappa shape index (κ1) is 18.7. The molecule has 0 N–H and O–H groups in total. The molecule has 2 heterocycles. The number of carbonyl (C=O) groups excluding carboxylic acids is 1. The molecule has 3 heteroatoms. The fourth-order valence-electron chi connectivity index (χ4n) is 5.95. The minimum absolute atomic E-state index is 0.0146. The number of rotatable bonds is 5. The van der Waals surface area contributed by atoms with Gasteiger partial charge in [0.15, 0.2) is 0 Å². The lowest BCUT2D eigenvalue weighted by Gasteiger charge is -2.47. The van der Waals surface area contributed by atoms with E-state index in [2.05, 4.69) is 44.3 Å². The first-order valence-corrected chi connectivity index (χ1v) is 10.9. The van der Waals surface area contributed by atoms with Gasteiger partial charge in [-0.1, -0.05) is 43.3 Å². The number of ether oxygens (including phenoxy) is 1. The first-order chi connectivity index (χ1) is 13.1. The highest BCUT2D eigenvalue weighted by Crippen LogP contribution is 2.43. The molecule has 146 valence electrons. The number of benzene rings is 1. The van der Waals surface area contributed by atoms with Crippen LogP contribution in [0.1, 0.15) is 63.9 Å². The number of allylic oxidation sites excluding steroid dienone is 1. The summed E-state index contributed by atoms with van der Waals surface area (Å²) in [4.78, 5) is 13.1. The Morgan fingerprint density at radius 2 is 1.81 bits per heavy atom. The molecule has 5 atom stereocenters. The van der Waals surface area contributed by atoms with Crippen LogP contribution in [-0.4, -0.2) is 42.2 Å². The lowest BCUT2D eigenvalue weighted by Crippen LogP contribution is -2.59. The summed E-state index contributed by atoms with van der Waals surface area (Å²) in [6.45, 7) is 3.55. The van der Waals surface area contributed by atoms with Crippen molar-refractivity contribution in [3.8, 4) is 0 Å². The fraction of sp³-hybridized carbons (Fsp3) is 0.625. The molecular weight excluding hydrogens is 334 g/mol. The topological polar surface area (TPSA) is 26.3 Å². The second-order valence-corrected chi connectivity index (χ2v) is 8.99. The quantitative estimate of drug-likeness (QED) is 0.542. The smallest absolute Gasteiger partial charge is 0.313 e. The van der Waals surface area contributed by atoms with E-state index in [1.165, 1.54) is 41.4 Å². The monoisotopic (exact) mass is 368 g/mol. The molecule has 0 saturated carbocycles. The average Bonchev–Trinajstić information content (AvgIpc) is 2.86. The van der Waals surface area contributed by atoms with Crippen LogP contribution in [-0.2, 0) is 9.53 Å². The standard InChI is InChI=1S/C24H34NO2/c1-3-15-25(2)19-13-14-20(25)17-21(16-19)27-24(26)23-12-8-7-11-22(23)18-9-5-4-6-10-18/h4-6,9-11,19-21,23H,3,7-8,12-17H2,1-2H3/q+1/t19-,20+,21?,23?,25?. The summed E-state index contributed by atoms with van der Waals surface area (Å²) in [7, 11) is 2.43. The van der Waals surface area contributed by atoms with Gasteiger partial charge in [0.25, 0.3) is 0 Å². The molecule has 2 bridgehead atoms. The van der Waals surface area contributed by atoms with E-state index in [0.717, 1.165) is 32.1 Å². The summed E-state index contributed by atoms with van der Waals surface area (Å²) >= 11 is 0. The second-order valence-electron chi connectivity index (χ2n) is 8.99. The van der Waals surface area contributed by atoms with Crippen molar-refractivity contribution >= 4 is 11.5 Å². The molecule has 3 unspecified atom stereocenters. The van der Waals surface area contributed by atoms with Gasteiger partial charge in [-0.25, -0.2) is 0 Å². The number of hydrogen-bond acceptors (Lipinski definition) is 2. The van der Waals surface area contributed by atoms with Crippen LogP contribution in [0.2, 0.25) is 0 Å². The molecular formula is C24H34NO2+. The normalized spacial score (nSPS) is 35.6. The third-order valence-electron chi connectivity index (χ3n) is 7.39. The Hall–Kier alpha value is -1.61. The van der Waals surface area contributed by atoms with E-state index in [4.69, 9.17) is 4.74 Å². The number of nitrogens with zero attached hydrogens (tertiary/aromatic N) is 1. The largest absolute Gasteiger partial charge is 0.461 e. The molecule has 0 aromatic heterocycles. The van der Waals surface area contributed by atoms with Crippen LogP contribution in [0.15, 0.2) is 36.4 Å². The Kier molecular flexibility index (Phi) is 5.41. The Labute approximate surface area is 164 Å². The lowest BCUT2D eigenvalue weighted by molar-refractivity contribution is -0.949. The van der Waals surface area contributed by atoms with Crippen molar-refractivity contribution in [3.05, 3.63) is 42.0 Å².